The molecule has 1 aliphatic rings. The fourth-order valence-electron chi connectivity index (χ4n) is 2.78. The molecule has 3 aromatic rings. The topological polar surface area (TPSA) is 53.9 Å². The third kappa shape index (κ3) is 3.52. The van der Waals surface area contributed by atoms with Crippen LogP contribution in [0.3, 0.4) is 0 Å². The number of hydrogen-bond donors (Lipinski definition) is 1. The molecule has 7 heteroatoms. The Balaban J connectivity index is 1.59. The van der Waals surface area contributed by atoms with E-state index in [1.807, 2.05) is 50.2 Å². The highest BCUT2D eigenvalue weighted by atomic mass is 35.5. The lowest BCUT2D eigenvalue weighted by atomic mass is 10.2. The lowest BCUT2D eigenvalue weighted by Gasteiger charge is -2.15. The second kappa shape index (κ2) is 6.85. The zero-order valence-corrected chi connectivity index (χ0v) is 16.5. The van der Waals surface area contributed by atoms with Crippen molar-refractivity contribution in [2.45, 2.75) is 25.7 Å². The summed E-state index contributed by atoms with van der Waals surface area (Å²) in [5, 5.41) is 5.16. The van der Waals surface area contributed by atoms with Gasteiger partial charge in [-0.2, -0.15) is 0 Å². The molecule has 0 spiro atoms. The maximum atomic E-state index is 6.35. The van der Waals surface area contributed by atoms with Gasteiger partial charge in [-0.3, -0.25) is 0 Å². The van der Waals surface area contributed by atoms with Gasteiger partial charge in [0.2, 0.25) is 5.95 Å². The van der Waals surface area contributed by atoms with Crippen molar-refractivity contribution in [3.8, 4) is 10.6 Å². The molecule has 0 aliphatic heterocycles. The average molecular weight is 386 g/mol. The molecule has 1 N–H and O–H groups in total. The lowest BCUT2D eigenvalue weighted by Crippen LogP contribution is -2.09. The molecule has 2 heterocycles. The predicted octanol–water partition coefficient (Wildman–Crippen LogP) is 5.25. The molecule has 1 aromatic carbocycles. The van der Waals surface area contributed by atoms with Crippen LogP contribution in [0, 0.1) is 6.92 Å². The summed E-state index contributed by atoms with van der Waals surface area (Å²) in [7, 11) is 3.93. The van der Waals surface area contributed by atoms with Gasteiger partial charge in [0.1, 0.15) is 0 Å². The van der Waals surface area contributed by atoms with E-state index in [0.29, 0.717) is 16.9 Å². The number of aromatic nitrogens is 3. The molecular formula is C19H20ClN5S. The van der Waals surface area contributed by atoms with E-state index in [-0.39, 0.29) is 0 Å². The van der Waals surface area contributed by atoms with Crippen LogP contribution in [0.5, 0.6) is 0 Å². The lowest BCUT2D eigenvalue weighted by molar-refractivity contribution is 1.06. The molecule has 0 amide bonds. The third-order valence-electron chi connectivity index (χ3n) is 4.31. The standard InChI is InChI=1S/C19H20ClN5S/c1-11-17(26-18(22-11)12-4-5-12)15-8-9-21-19(24-15)23-13-6-7-16(25(2)3)14(20)10-13/h6-10,12H,4-5H2,1-3H3,(H,21,23,24). The quantitative estimate of drug-likeness (QED) is 0.650. The number of anilines is 3. The number of nitrogens with one attached hydrogen (secondary N) is 1. The van der Waals surface area contributed by atoms with Crippen LogP contribution in [0.1, 0.15) is 29.5 Å². The molecule has 2 aromatic heterocycles. The zero-order chi connectivity index (χ0) is 18.3. The molecule has 0 atom stereocenters. The molecule has 134 valence electrons. The van der Waals surface area contributed by atoms with Gasteiger partial charge in [0, 0.05) is 31.9 Å². The van der Waals surface area contributed by atoms with Gasteiger partial charge in [-0.1, -0.05) is 11.6 Å². The highest BCUT2D eigenvalue weighted by Gasteiger charge is 2.28. The summed E-state index contributed by atoms with van der Waals surface area (Å²) in [4.78, 5) is 16.8. The van der Waals surface area contributed by atoms with Crippen molar-refractivity contribution in [1.29, 1.82) is 0 Å². The maximum absolute atomic E-state index is 6.35. The summed E-state index contributed by atoms with van der Waals surface area (Å²) in [5.41, 5.74) is 3.78. The molecular weight excluding hydrogens is 366 g/mol. The Bertz CT molecular complexity index is 949. The fraction of sp³-hybridized carbons (Fsp3) is 0.316. The van der Waals surface area contributed by atoms with Crippen LogP contribution >= 0.6 is 22.9 Å². The van der Waals surface area contributed by atoms with E-state index in [1.165, 1.54) is 17.8 Å². The van der Waals surface area contributed by atoms with Gasteiger partial charge in [0.15, 0.2) is 0 Å². The smallest absolute Gasteiger partial charge is 0.227 e. The van der Waals surface area contributed by atoms with E-state index in [0.717, 1.165) is 27.6 Å². The summed E-state index contributed by atoms with van der Waals surface area (Å²) < 4.78 is 0. The molecule has 26 heavy (non-hydrogen) atoms. The number of benzene rings is 1. The molecule has 0 bridgehead atoms. The van der Waals surface area contributed by atoms with Crippen LogP contribution in [-0.4, -0.2) is 29.0 Å². The van der Waals surface area contributed by atoms with Crippen LogP contribution in [0.15, 0.2) is 30.5 Å². The van der Waals surface area contributed by atoms with E-state index in [4.69, 9.17) is 16.6 Å². The number of nitrogens with zero attached hydrogens (tertiary/aromatic N) is 4. The highest BCUT2D eigenvalue weighted by molar-refractivity contribution is 7.15. The predicted molar refractivity (Wildman–Crippen MR) is 109 cm³/mol. The normalized spacial score (nSPS) is 13.7. The first kappa shape index (κ1) is 17.2. The minimum absolute atomic E-state index is 0.553. The van der Waals surface area contributed by atoms with Gasteiger partial charge < -0.3 is 10.2 Å². The zero-order valence-electron chi connectivity index (χ0n) is 15.0. The second-order valence-electron chi connectivity index (χ2n) is 6.69. The van der Waals surface area contributed by atoms with Crippen molar-refractivity contribution < 1.29 is 0 Å². The Labute approximate surface area is 162 Å². The summed E-state index contributed by atoms with van der Waals surface area (Å²) in [6, 6.07) is 7.77. The molecule has 0 radical (unpaired) electrons. The Kier molecular flexibility index (Phi) is 4.54. The van der Waals surface area contributed by atoms with Crippen molar-refractivity contribution in [2.75, 3.05) is 24.3 Å². The highest BCUT2D eigenvalue weighted by Crippen LogP contribution is 2.44. The first-order valence-electron chi connectivity index (χ1n) is 8.56. The van der Waals surface area contributed by atoms with E-state index in [2.05, 4.69) is 15.3 Å². The van der Waals surface area contributed by atoms with Crippen LogP contribution in [0.2, 0.25) is 5.02 Å². The minimum atomic E-state index is 0.553. The number of hydrogen-bond acceptors (Lipinski definition) is 6. The first-order chi connectivity index (χ1) is 12.5. The first-order valence-corrected chi connectivity index (χ1v) is 9.75. The summed E-state index contributed by atoms with van der Waals surface area (Å²) in [5.74, 6) is 1.21. The molecule has 1 saturated carbocycles. The minimum Gasteiger partial charge on any atom is -0.376 e. The van der Waals surface area contributed by atoms with Gasteiger partial charge in [-0.25, -0.2) is 15.0 Å². The molecule has 5 nitrogen and oxygen atoms in total. The molecule has 0 unspecified atom stereocenters. The maximum Gasteiger partial charge on any atom is 0.227 e. The van der Waals surface area contributed by atoms with Gasteiger partial charge in [-0.05, 0) is 44.0 Å². The summed E-state index contributed by atoms with van der Waals surface area (Å²) >= 11 is 8.10. The number of thiazole rings is 1. The second-order valence-corrected chi connectivity index (χ2v) is 8.13. The molecule has 4 rings (SSSR count). The van der Waals surface area contributed by atoms with Crippen molar-refractivity contribution in [3.63, 3.8) is 0 Å². The van der Waals surface area contributed by atoms with Crippen LogP contribution in [0.25, 0.3) is 10.6 Å². The van der Waals surface area contributed by atoms with E-state index < -0.39 is 0 Å². The van der Waals surface area contributed by atoms with Crippen molar-refractivity contribution >= 4 is 40.3 Å². The van der Waals surface area contributed by atoms with E-state index in [1.54, 1.807) is 17.5 Å². The average Bonchev–Trinajstić information content (AvgIpc) is 3.37. The third-order valence-corrected chi connectivity index (χ3v) is 5.96. The van der Waals surface area contributed by atoms with Crippen molar-refractivity contribution in [2.24, 2.45) is 0 Å². The van der Waals surface area contributed by atoms with Gasteiger partial charge in [0.25, 0.3) is 0 Å². The monoisotopic (exact) mass is 385 g/mol. The number of rotatable bonds is 5. The number of halogens is 1. The Hall–Kier alpha value is -2.18. The van der Waals surface area contributed by atoms with Gasteiger partial charge in [-0.15, -0.1) is 11.3 Å². The molecule has 1 fully saturated rings. The largest absolute Gasteiger partial charge is 0.376 e. The fourth-order valence-corrected chi connectivity index (χ4v) is 4.34. The van der Waals surface area contributed by atoms with Crippen LogP contribution in [0.4, 0.5) is 17.3 Å². The van der Waals surface area contributed by atoms with Crippen molar-refractivity contribution in [1.82, 2.24) is 15.0 Å². The Morgan fingerprint density at radius 2 is 2.00 bits per heavy atom. The van der Waals surface area contributed by atoms with Crippen molar-refractivity contribution in [3.05, 3.63) is 46.2 Å². The van der Waals surface area contributed by atoms with Gasteiger partial charge >= 0.3 is 0 Å². The van der Waals surface area contributed by atoms with Crippen LogP contribution in [-0.2, 0) is 0 Å². The summed E-state index contributed by atoms with van der Waals surface area (Å²) in [6.07, 6.45) is 4.29. The number of aryl methyl sites for hydroxylation is 1. The molecule has 0 saturated heterocycles. The van der Waals surface area contributed by atoms with Gasteiger partial charge in [0.05, 0.1) is 32.0 Å². The Morgan fingerprint density at radius 3 is 2.69 bits per heavy atom. The molecule has 1 aliphatic carbocycles. The van der Waals surface area contributed by atoms with E-state index in [9.17, 15) is 0 Å². The van der Waals surface area contributed by atoms with E-state index >= 15 is 0 Å². The van der Waals surface area contributed by atoms with Crippen LogP contribution < -0.4 is 10.2 Å². The summed E-state index contributed by atoms with van der Waals surface area (Å²) in [6.45, 7) is 2.05. The Morgan fingerprint density at radius 1 is 1.19 bits per heavy atom. The SMILES string of the molecule is Cc1nc(C2CC2)sc1-c1ccnc(Nc2ccc(N(C)C)c(Cl)c2)n1.